The van der Waals surface area contributed by atoms with Gasteiger partial charge in [-0.3, -0.25) is 14.6 Å². The van der Waals surface area contributed by atoms with E-state index in [0.29, 0.717) is 0 Å². The molecule has 32 heavy (non-hydrogen) atoms. The van der Waals surface area contributed by atoms with E-state index in [9.17, 15) is 27.2 Å². The average molecular weight is 455 g/mol. The number of nitrogens with zero attached hydrogens (tertiary/aromatic N) is 1. The molecular weight excluding hydrogens is 434 g/mol. The first-order valence-corrected chi connectivity index (χ1v) is 9.53. The molecule has 1 saturated heterocycles. The van der Waals surface area contributed by atoms with Crippen molar-refractivity contribution in [2.24, 2.45) is 11.7 Å². The van der Waals surface area contributed by atoms with E-state index in [1.807, 2.05) is 0 Å². The summed E-state index contributed by atoms with van der Waals surface area (Å²) in [4.78, 5) is 28.1. The normalized spacial score (nSPS) is 25.4. The van der Waals surface area contributed by atoms with Crippen LogP contribution in [-0.4, -0.2) is 41.8 Å². The van der Waals surface area contributed by atoms with Crippen LogP contribution in [0, 0.1) is 11.7 Å². The SMILES string of the molecule is COc1cc(F)ccc1[C@@H]1[C@H](C(=O)Nc2ccnc(C(N)=O)c2)O[C@](C)(C(F)(F)F)[C@H]1C. The van der Waals surface area contributed by atoms with Crippen LogP contribution >= 0.6 is 0 Å². The van der Waals surface area contributed by atoms with Gasteiger partial charge in [-0.05, 0) is 25.1 Å². The lowest BCUT2D eigenvalue weighted by Crippen LogP contribution is -2.47. The second-order valence-electron chi connectivity index (χ2n) is 7.63. The summed E-state index contributed by atoms with van der Waals surface area (Å²) in [5.41, 5.74) is 2.67. The van der Waals surface area contributed by atoms with Crippen molar-refractivity contribution in [2.45, 2.75) is 37.6 Å². The van der Waals surface area contributed by atoms with Crippen molar-refractivity contribution in [1.29, 1.82) is 0 Å². The molecule has 11 heteroatoms. The third kappa shape index (κ3) is 4.12. The summed E-state index contributed by atoms with van der Waals surface area (Å²) in [5.74, 6) is -4.72. The molecule has 0 bridgehead atoms. The molecule has 2 heterocycles. The van der Waals surface area contributed by atoms with Crippen LogP contribution in [-0.2, 0) is 9.53 Å². The minimum atomic E-state index is -4.79. The zero-order valence-corrected chi connectivity index (χ0v) is 17.4. The molecule has 4 atom stereocenters. The monoisotopic (exact) mass is 455 g/mol. The van der Waals surface area contributed by atoms with Gasteiger partial charge in [-0.25, -0.2) is 4.39 Å². The number of ether oxygens (including phenoxy) is 2. The first-order valence-electron chi connectivity index (χ1n) is 9.53. The Morgan fingerprint density at radius 2 is 1.94 bits per heavy atom. The maximum Gasteiger partial charge on any atom is 0.417 e. The minimum Gasteiger partial charge on any atom is -0.496 e. The standard InChI is InChI=1S/C21H21F4N3O4/c1-10-16(13-5-4-11(22)8-15(13)31-3)17(32-20(10,2)21(23,24)25)19(30)28-12-6-7-27-14(9-12)18(26)29/h4-10,16-17H,1-3H3,(H2,26,29)(H,27,28,30)/t10-,16+,17+,20-/m0/s1. The van der Waals surface area contributed by atoms with Gasteiger partial charge in [-0.15, -0.1) is 0 Å². The smallest absolute Gasteiger partial charge is 0.417 e. The van der Waals surface area contributed by atoms with Gasteiger partial charge in [-0.1, -0.05) is 13.0 Å². The molecule has 1 aliphatic heterocycles. The van der Waals surface area contributed by atoms with E-state index in [0.717, 1.165) is 19.1 Å². The number of alkyl halides is 3. The van der Waals surface area contributed by atoms with Gasteiger partial charge in [0.1, 0.15) is 23.4 Å². The van der Waals surface area contributed by atoms with Gasteiger partial charge in [0.15, 0.2) is 5.60 Å². The number of amides is 2. The number of halogens is 4. The summed E-state index contributed by atoms with van der Waals surface area (Å²) in [6.45, 7) is 2.18. The molecule has 0 saturated carbocycles. The van der Waals surface area contributed by atoms with Crippen molar-refractivity contribution < 1.29 is 36.6 Å². The fraction of sp³-hybridized carbons (Fsp3) is 0.381. The van der Waals surface area contributed by atoms with E-state index < -0.39 is 47.3 Å². The van der Waals surface area contributed by atoms with Gasteiger partial charge in [0, 0.05) is 35.3 Å². The number of primary amides is 1. The lowest BCUT2D eigenvalue weighted by atomic mass is 9.77. The van der Waals surface area contributed by atoms with Crippen LogP contribution in [0.3, 0.4) is 0 Å². The average Bonchev–Trinajstić information content (AvgIpc) is 3.00. The molecule has 0 radical (unpaired) electrons. The number of anilines is 1. The zero-order valence-electron chi connectivity index (χ0n) is 17.4. The van der Waals surface area contributed by atoms with Gasteiger partial charge in [0.2, 0.25) is 0 Å². The molecular formula is C21H21F4N3O4. The Morgan fingerprint density at radius 3 is 2.53 bits per heavy atom. The fourth-order valence-electron chi connectivity index (χ4n) is 3.84. The van der Waals surface area contributed by atoms with Crippen molar-refractivity contribution in [3.8, 4) is 5.75 Å². The van der Waals surface area contributed by atoms with Crippen LogP contribution in [0.5, 0.6) is 5.75 Å². The Labute approximate surface area is 180 Å². The predicted octanol–water partition coefficient (Wildman–Crippen LogP) is 3.41. The first-order chi connectivity index (χ1) is 14.9. The highest BCUT2D eigenvalue weighted by Gasteiger charge is 2.65. The van der Waals surface area contributed by atoms with Gasteiger partial charge < -0.3 is 20.5 Å². The number of nitrogens with two attached hydrogens (primary N) is 1. The molecule has 2 amide bonds. The number of carbonyl (C=O) groups is 2. The van der Waals surface area contributed by atoms with Crippen molar-refractivity contribution in [1.82, 2.24) is 4.98 Å². The Hall–Kier alpha value is -3.21. The molecule has 1 aromatic heterocycles. The lowest BCUT2D eigenvalue weighted by molar-refractivity contribution is -0.272. The van der Waals surface area contributed by atoms with Crippen LogP contribution in [0.25, 0.3) is 0 Å². The third-order valence-electron chi connectivity index (χ3n) is 5.76. The van der Waals surface area contributed by atoms with Gasteiger partial charge >= 0.3 is 6.18 Å². The zero-order chi connectivity index (χ0) is 23.8. The van der Waals surface area contributed by atoms with E-state index in [4.69, 9.17) is 15.2 Å². The van der Waals surface area contributed by atoms with Crippen LogP contribution in [0.1, 0.15) is 35.8 Å². The van der Waals surface area contributed by atoms with Crippen LogP contribution in [0.15, 0.2) is 36.5 Å². The summed E-state index contributed by atoms with van der Waals surface area (Å²) in [6, 6.07) is 5.92. The Bertz CT molecular complexity index is 1050. The Balaban J connectivity index is 2.04. The molecule has 172 valence electrons. The summed E-state index contributed by atoms with van der Waals surface area (Å²) in [7, 11) is 1.25. The molecule has 1 aliphatic rings. The van der Waals surface area contributed by atoms with Crippen LogP contribution < -0.4 is 15.8 Å². The molecule has 0 unspecified atom stereocenters. The van der Waals surface area contributed by atoms with Crippen LogP contribution in [0.2, 0.25) is 0 Å². The highest BCUT2D eigenvalue weighted by Crippen LogP contribution is 2.54. The van der Waals surface area contributed by atoms with Crippen molar-refractivity contribution in [2.75, 3.05) is 12.4 Å². The number of nitrogens with one attached hydrogen (secondary N) is 1. The lowest BCUT2D eigenvalue weighted by Gasteiger charge is -2.32. The molecule has 3 rings (SSSR count). The number of carbonyl (C=O) groups excluding carboxylic acids is 2. The minimum absolute atomic E-state index is 0.00500. The van der Waals surface area contributed by atoms with E-state index in [-0.39, 0.29) is 22.7 Å². The molecule has 1 aromatic carbocycles. The summed E-state index contributed by atoms with van der Waals surface area (Å²) in [5, 5.41) is 2.44. The number of hydrogen-bond acceptors (Lipinski definition) is 5. The molecule has 1 fully saturated rings. The second-order valence-corrected chi connectivity index (χ2v) is 7.63. The predicted molar refractivity (Wildman–Crippen MR) is 106 cm³/mol. The fourth-order valence-corrected chi connectivity index (χ4v) is 3.84. The van der Waals surface area contributed by atoms with E-state index in [2.05, 4.69) is 10.3 Å². The molecule has 7 nitrogen and oxygen atoms in total. The second kappa shape index (κ2) is 8.38. The van der Waals surface area contributed by atoms with Gasteiger partial charge in [-0.2, -0.15) is 13.2 Å². The van der Waals surface area contributed by atoms with Crippen LogP contribution in [0.4, 0.5) is 23.2 Å². The number of pyridine rings is 1. The third-order valence-corrected chi connectivity index (χ3v) is 5.76. The molecule has 3 N–H and O–H groups in total. The number of hydrogen-bond donors (Lipinski definition) is 2. The quantitative estimate of drug-likeness (QED) is 0.673. The topological polar surface area (TPSA) is 104 Å². The van der Waals surface area contributed by atoms with E-state index in [1.54, 1.807) is 0 Å². The maximum atomic E-state index is 13.9. The van der Waals surface area contributed by atoms with Crippen molar-refractivity contribution >= 4 is 17.5 Å². The highest BCUT2D eigenvalue weighted by atomic mass is 19.4. The maximum absolute atomic E-state index is 13.9. The number of rotatable bonds is 5. The number of benzene rings is 1. The number of methoxy groups -OCH3 is 1. The first kappa shape index (κ1) is 23.5. The van der Waals surface area contributed by atoms with Gasteiger partial charge in [0.25, 0.3) is 11.8 Å². The Morgan fingerprint density at radius 1 is 1.25 bits per heavy atom. The Kier molecular flexibility index (Phi) is 6.14. The summed E-state index contributed by atoms with van der Waals surface area (Å²) < 4.78 is 66.0. The van der Waals surface area contributed by atoms with E-state index in [1.165, 1.54) is 38.4 Å². The summed E-state index contributed by atoms with van der Waals surface area (Å²) in [6.07, 6.45) is -5.17. The largest absolute Gasteiger partial charge is 0.496 e. The molecule has 0 aliphatic carbocycles. The number of aromatic nitrogens is 1. The van der Waals surface area contributed by atoms with E-state index >= 15 is 0 Å². The van der Waals surface area contributed by atoms with Crippen molar-refractivity contribution in [3.05, 3.63) is 53.6 Å². The van der Waals surface area contributed by atoms with Gasteiger partial charge in [0.05, 0.1) is 7.11 Å². The molecule has 2 aromatic rings. The summed E-state index contributed by atoms with van der Waals surface area (Å²) >= 11 is 0. The molecule has 0 spiro atoms. The highest BCUT2D eigenvalue weighted by molar-refractivity contribution is 5.97. The van der Waals surface area contributed by atoms with Crippen molar-refractivity contribution in [3.63, 3.8) is 0 Å².